The van der Waals surface area contributed by atoms with E-state index in [0.29, 0.717) is 17.0 Å². The van der Waals surface area contributed by atoms with E-state index < -0.39 is 0 Å². The highest BCUT2D eigenvalue weighted by molar-refractivity contribution is 6.33. The number of hydrogen-bond acceptors (Lipinski definition) is 3. The molecule has 4 heteroatoms. The lowest BCUT2D eigenvalue weighted by Crippen LogP contribution is -2.30. The Hall–Kier alpha value is -0.800. The summed E-state index contributed by atoms with van der Waals surface area (Å²) in [6.45, 7) is 5.37. The summed E-state index contributed by atoms with van der Waals surface area (Å²) in [6.07, 6.45) is 4.16. The molecule has 1 aromatic rings. The number of pyridine rings is 1. The Balaban J connectivity index is 2.23. The molecule has 17 heavy (non-hydrogen) atoms. The Bertz CT molecular complexity index is 391. The molecule has 1 fully saturated rings. The van der Waals surface area contributed by atoms with Gasteiger partial charge in [-0.05, 0) is 30.4 Å². The molecule has 2 rings (SSSR count). The van der Waals surface area contributed by atoms with Gasteiger partial charge in [-0.2, -0.15) is 0 Å². The zero-order valence-corrected chi connectivity index (χ0v) is 11.1. The number of aliphatic hydroxyl groups excluding tert-OH is 1. The van der Waals surface area contributed by atoms with Gasteiger partial charge in [-0.15, -0.1) is 0 Å². The molecular formula is C13H19ClN2O. The van der Waals surface area contributed by atoms with Crippen LogP contribution in [0.2, 0.25) is 5.02 Å². The van der Waals surface area contributed by atoms with E-state index in [0.717, 1.165) is 17.9 Å². The topological polar surface area (TPSA) is 36.4 Å². The van der Waals surface area contributed by atoms with Crippen LogP contribution in [0.15, 0.2) is 12.3 Å². The zero-order chi connectivity index (χ0) is 12.4. The van der Waals surface area contributed by atoms with Crippen molar-refractivity contribution in [3.8, 4) is 0 Å². The Labute approximate surface area is 107 Å². The molecule has 0 bridgehead atoms. The van der Waals surface area contributed by atoms with Gasteiger partial charge in [0.05, 0.1) is 11.6 Å². The maximum absolute atomic E-state index is 9.05. The van der Waals surface area contributed by atoms with E-state index in [4.69, 9.17) is 16.7 Å². The van der Waals surface area contributed by atoms with Gasteiger partial charge in [-0.1, -0.05) is 25.4 Å². The minimum absolute atomic E-state index is 0.0133. The van der Waals surface area contributed by atoms with Crippen LogP contribution in [0.3, 0.4) is 0 Å². The largest absolute Gasteiger partial charge is 0.392 e. The van der Waals surface area contributed by atoms with E-state index in [1.807, 2.05) is 0 Å². The van der Waals surface area contributed by atoms with Crippen LogP contribution in [0.5, 0.6) is 0 Å². The smallest absolute Gasteiger partial charge is 0.147 e. The van der Waals surface area contributed by atoms with Gasteiger partial charge in [0, 0.05) is 18.8 Å². The minimum atomic E-state index is -0.0133. The number of hydrogen-bond donors (Lipinski definition) is 1. The number of nitrogens with zero attached hydrogens (tertiary/aromatic N) is 2. The van der Waals surface area contributed by atoms with Gasteiger partial charge in [0.25, 0.3) is 0 Å². The third kappa shape index (κ3) is 3.11. The summed E-state index contributed by atoms with van der Waals surface area (Å²) >= 11 is 6.24. The minimum Gasteiger partial charge on any atom is -0.392 e. The van der Waals surface area contributed by atoms with Crippen molar-refractivity contribution < 1.29 is 5.11 Å². The fourth-order valence-corrected chi connectivity index (χ4v) is 2.25. The molecule has 3 nitrogen and oxygen atoms in total. The van der Waals surface area contributed by atoms with Gasteiger partial charge in [0.1, 0.15) is 5.82 Å². The fraction of sp³-hybridized carbons (Fsp3) is 0.615. The first-order valence-corrected chi connectivity index (χ1v) is 6.51. The van der Waals surface area contributed by atoms with Crippen molar-refractivity contribution in [2.24, 2.45) is 5.92 Å². The average Bonchev–Trinajstić information content (AvgIpc) is 3.09. The van der Waals surface area contributed by atoms with Crippen molar-refractivity contribution in [1.82, 2.24) is 4.98 Å². The standard InChI is InChI=1S/C13H19ClN2O/c1-9(2)7-16(11-3-4-11)13-12(14)5-10(8-17)6-15-13/h5-6,9,11,17H,3-4,7-8H2,1-2H3. The molecule has 0 radical (unpaired) electrons. The van der Waals surface area contributed by atoms with Crippen molar-refractivity contribution in [2.45, 2.75) is 39.3 Å². The van der Waals surface area contributed by atoms with Gasteiger partial charge in [0.2, 0.25) is 0 Å². The molecule has 1 aliphatic rings. The third-order valence-corrected chi connectivity index (χ3v) is 3.16. The first-order chi connectivity index (χ1) is 8.11. The molecule has 1 aromatic heterocycles. The second kappa shape index (κ2) is 5.23. The number of anilines is 1. The lowest BCUT2D eigenvalue weighted by atomic mass is 10.2. The monoisotopic (exact) mass is 254 g/mol. The van der Waals surface area contributed by atoms with Crippen LogP contribution in [-0.2, 0) is 6.61 Å². The maximum Gasteiger partial charge on any atom is 0.147 e. The summed E-state index contributed by atoms with van der Waals surface area (Å²) in [5, 5.41) is 9.69. The SMILES string of the molecule is CC(C)CN(c1ncc(CO)cc1Cl)C1CC1. The van der Waals surface area contributed by atoms with Crippen LogP contribution in [0, 0.1) is 5.92 Å². The van der Waals surface area contributed by atoms with Crippen LogP contribution < -0.4 is 4.90 Å². The molecule has 0 amide bonds. The third-order valence-electron chi connectivity index (χ3n) is 2.88. The summed E-state index contributed by atoms with van der Waals surface area (Å²) < 4.78 is 0. The first kappa shape index (κ1) is 12.7. The van der Waals surface area contributed by atoms with Gasteiger partial charge in [0.15, 0.2) is 0 Å². The average molecular weight is 255 g/mol. The number of aliphatic hydroxyl groups is 1. The molecule has 0 spiro atoms. The van der Waals surface area contributed by atoms with Crippen LogP contribution in [-0.4, -0.2) is 22.7 Å². The Kier molecular flexibility index (Phi) is 3.89. The van der Waals surface area contributed by atoms with E-state index in [1.54, 1.807) is 12.3 Å². The van der Waals surface area contributed by atoms with Gasteiger partial charge >= 0.3 is 0 Å². The van der Waals surface area contributed by atoms with E-state index >= 15 is 0 Å². The van der Waals surface area contributed by atoms with Crippen molar-refractivity contribution >= 4 is 17.4 Å². The summed E-state index contributed by atoms with van der Waals surface area (Å²) in [5.41, 5.74) is 0.763. The lowest BCUT2D eigenvalue weighted by Gasteiger charge is -2.26. The van der Waals surface area contributed by atoms with E-state index in [-0.39, 0.29) is 6.61 Å². The molecule has 0 aromatic carbocycles. The summed E-state index contributed by atoms with van der Waals surface area (Å²) in [7, 11) is 0. The summed E-state index contributed by atoms with van der Waals surface area (Å²) in [5.74, 6) is 1.45. The van der Waals surface area contributed by atoms with Crippen molar-refractivity contribution in [2.75, 3.05) is 11.4 Å². The Morgan fingerprint density at radius 1 is 1.53 bits per heavy atom. The van der Waals surface area contributed by atoms with Crippen molar-refractivity contribution in [3.05, 3.63) is 22.8 Å². The Morgan fingerprint density at radius 3 is 2.71 bits per heavy atom. The van der Waals surface area contributed by atoms with Crippen molar-refractivity contribution in [1.29, 1.82) is 0 Å². The predicted molar refractivity (Wildman–Crippen MR) is 70.4 cm³/mol. The predicted octanol–water partition coefficient (Wildman–Crippen LogP) is 2.85. The molecule has 1 aliphatic carbocycles. The Morgan fingerprint density at radius 2 is 2.24 bits per heavy atom. The normalized spacial score (nSPS) is 15.4. The van der Waals surface area contributed by atoms with Crippen LogP contribution >= 0.6 is 11.6 Å². The van der Waals surface area contributed by atoms with E-state index in [2.05, 4.69) is 23.7 Å². The summed E-state index contributed by atoms with van der Waals surface area (Å²) in [6, 6.07) is 2.40. The number of aromatic nitrogens is 1. The lowest BCUT2D eigenvalue weighted by molar-refractivity contribution is 0.281. The van der Waals surface area contributed by atoms with Gasteiger partial charge < -0.3 is 10.0 Å². The summed E-state index contributed by atoms with van der Waals surface area (Å²) in [4.78, 5) is 6.70. The molecular weight excluding hydrogens is 236 g/mol. The van der Waals surface area contributed by atoms with E-state index in [1.165, 1.54) is 12.8 Å². The number of rotatable bonds is 5. The molecule has 1 saturated carbocycles. The highest BCUT2D eigenvalue weighted by Gasteiger charge is 2.31. The van der Waals surface area contributed by atoms with Gasteiger partial charge in [-0.25, -0.2) is 4.98 Å². The molecule has 94 valence electrons. The molecule has 1 heterocycles. The van der Waals surface area contributed by atoms with Crippen LogP contribution in [0.4, 0.5) is 5.82 Å². The van der Waals surface area contributed by atoms with E-state index in [9.17, 15) is 0 Å². The first-order valence-electron chi connectivity index (χ1n) is 6.13. The van der Waals surface area contributed by atoms with Crippen molar-refractivity contribution in [3.63, 3.8) is 0 Å². The highest BCUT2D eigenvalue weighted by Crippen LogP contribution is 2.35. The molecule has 0 aliphatic heterocycles. The molecule has 0 saturated heterocycles. The molecule has 1 N–H and O–H groups in total. The number of halogens is 1. The maximum atomic E-state index is 9.05. The van der Waals surface area contributed by atoms with Crippen LogP contribution in [0.25, 0.3) is 0 Å². The molecule has 0 atom stereocenters. The zero-order valence-electron chi connectivity index (χ0n) is 10.4. The quantitative estimate of drug-likeness (QED) is 0.878. The fourth-order valence-electron chi connectivity index (χ4n) is 1.96. The second-order valence-electron chi connectivity index (χ2n) is 5.08. The van der Waals surface area contributed by atoms with Gasteiger partial charge in [-0.3, -0.25) is 0 Å². The highest BCUT2D eigenvalue weighted by atomic mass is 35.5. The molecule has 0 unspecified atom stereocenters. The van der Waals surface area contributed by atoms with Crippen LogP contribution in [0.1, 0.15) is 32.3 Å². The second-order valence-corrected chi connectivity index (χ2v) is 5.49.